The van der Waals surface area contributed by atoms with E-state index in [0.29, 0.717) is 17.5 Å². The van der Waals surface area contributed by atoms with E-state index in [4.69, 9.17) is 4.74 Å². The number of carbonyl (C=O) groups is 1. The molecule has 2 fully saturated rings. The number of hydrogen-bond donors (Lipinski definition) is 2. The van der Waals surface area contributed by atoms with Crippen molar-refractivity contribution in [2.45, 2.75) is 91.1 Å². The summed E-state index contributed by atoms with van der Waals surface area (Å²) < 4.78 is 5.61. The molecule has 2 heterocycles. The van der Waals surface area contributed by atoms with Gasteiger partial charge in [0, 0.05) is 54.9 Å². The number of aromatic amines is 1. The van der Waals surface area contributed by atoms with Crippen LogP contribution in [0.5, 0.6) is 0 Å². The highest BCUT2D eigenvalue weighted by Gasteiger charge is 2.26. The van der Waals surface area contributed by atoms with Crippen molar-refractivity contribution in [2.75, 3.05) is 24.7 Å². The van der Waals surface area contributed by atoms with E-state index in [2.05, 4.69) is 41.2 Å². The molecule has 0 spiro atoms. The minimum absolute atomic E-state index is 0.114. The fourth-order valence-corrected chi connectivity index (χ4v) is 5.90. The molecule has 2 N–H and O–H groups in total. The van der Waals surface area contributed by atoms with Crippen LogP contribution in [0.15, 0.2) is 23.0 Å². The Morgan fingerprint density at radius 3 is 2.43 bits per heavy atom. The molecule has 4 rings (SSSR count). The van der Waals surface area contributed by atoms with E-state index in [1.54, 1.807) is 0 Å². The zero-order chi connectivity index (χ0) is 24.9. The molecule has 1 amide bonds. The molecule has 2 aromatic rings. The summed E-state index contributed by atoms with van der Waals surface area (Å²) in [5.41, 5.74) is 6.38. The van der Waals surface area contributed by atoms with Crippen LogP contribution in [0, 0.1) is 20.8 Å². The van der Waals surface area contributed by atoms with E-state index in [-0.39, 0.29) is 18.0 Å². The summed E-state index contributed by atoms with van der Waals surface area (Å²) in [5.74, 6) is 0.290. The monoisotopic (exact) mass is 479 g/mol. The maximum Gasteiger partial charge on any atom is 0.253 e. The standard InChI is InChI=1S/C29H41N3O3/c1-5-32(24-9-7-6-8-10-24)27-17-23(22-11-13-35-14-12-22)16-25(21(27)4)28(33)30-18-26-19(2)15-20(3)31-29(26)34/h15-17,22,24H,5-14,18H2,1-4H3,(H,30,33)(H,31,34). The van der Waals surface area contributed by atoms with Crippen molar-refractivity contribution in [3.05, 3.63) is 62.1 Å². The zero-order valence-corrected chi connectivity index (χ0v) is 21.8. The highest BCUT2D eigenvalue weighted by Crippen LogP contribution is 2.36. The lowest BCUT2D eigenvalue weighted by molar-refractivity contribution is 0.0853. The van der Waals surface area contributed by atoms with Gasteiger partial charge < -0.3 is 19.9 Å². The Hall–Kier alpha value is -2.60. The summed E-state index contributed by atoms with van der Waals surface area (Å²) in [6.45, 7) is 10.8. The van der Waals surface area contributed by atoms with Gasteiger partial charge in [-0.2, -0.15) is 0 Å². The van der Waals surface area contributed by atoms with E-state index < -0.39 is 0 Å². The molecule has 0 unspecified atom stereocenters. The third kappa shape index (κ3) is 5.80. The van der Waals surface area contributed by atoms with Crippen molar-refractivity contribution >= 4 is 11.6 Å². The van der Waals surface area contributed by atoms with Crippen LogP contribution in [0.25, 0.3) is 0 Å². The number of anilines is 1. The van der Waals surface area contributed by atoms with Gasteiger partial charge in [-0.1, -0.05) is 19.3 Å². The number of pyridine rings is 1. The molecule has 1 aliphatic carbocycles. The summed E-state index contributed by atoms with van der Waals surface area (Å²) in [6, 6.07) is 6.91. The van der Waals surface area contributed by atoms with Crippen molar-refractivity contribution in [2.24, 2.45) is 0 Å². The van der Waals surface area contributed by atoms with Gasteiger partial charge >= 0.3 is 0 Å². The molecule has 0 radical (unpaired) electrons. The quantitative estimate of drug-likeness (QED) is 0.566. The minimum Gasteiger partial charge on any atom is -0.381 e. The first-order valence-electron chi connectivity index (χ1n) is 13.4. The number of nitrogens with zero attached hydrogens (tertiary/aromatic N) is 1. The van der Waals surface area contributed by atoms with E-state index in [0.717, 1.165) is 55.0 Å². The van der Waals surface area contributed by atoms with E-state index in [1.165, 1.54) is 43.4 Å². The van der Waals surface area contributed by atoms with Crippen LogP contribution in [-0.2, 0) is 11.3 Å². The Morgan fingerprint density at radius 2 is 1.77 bits per heavy atom. The van der Waals surface area contributed by atoms with Gasteiger partial charge in [-0.3, -0.25) is 9.59 Å². The van der Waals surface area contributed by atoms with Crippen molar-refractivity contribution in [3.63, 3.8) is 0 Å². The second-order valence-electron chi connectivity index (χ2n) is 10.3. The van der Waals surface area contributed by atoms with Crippen molar-refractivity contribution < 1.29 is 9.53 Å². The first-order valence-corrected chi connectivity index (χ1v) is 13.4. The number of amides is 1. The van der Waals surface area contributed by atoms with Crippen molar-refractivity contribution in [1.29, 1.82) is 0 Å². The predicted molar refractivity (Wildman–Crippen MR) is 142 cm³/mol. The van der Waals surface area contributed by atoms with Crippen LogP contribution in [0.3, 0.4) is 0 Å². The number of nitrogens with one attached hydrogen (secondary N) is 2. The van der Waals surface area contributed by atoms with Crippen molar-refractivity contribution in [1.82, 2.24) is 10.3 Å². The Kier molecular flexibility index (Phi) is 8.32. The third-order valence-electron chi connectivity index (χ3n) is 7.93. The summed E-state index contributed by atoms with van der Waals surface area (Å²) in [5, 5.41) is 3.05. The van der Waals surface area contributed by atoms with Crippen LogP contribution in [0.4, 0.5) is 5.69 Å². The van der Waals surface area contributed by atoms with Gasteiger partial charge in [0.05, 0.1) is 0 Å². The fourth-order valence-electron chi connectivity index (χ4n) is 5.90. The molecular formula is C29H41N3O3. The zero-order valence-electron chi connectivity index (χ0n) is 21.8. The second-order valence-corrected chi connectivity index (χ2v) is 10.3. The number of benzene rings is 1. The van der Waals surface area contributed by atoms with E-state index in [9.17, 15) is 9.59 Å². The SMILES string of the molecule is CCN(c1cc(C2CCOCC2)cc(C(=O)NCc2c(C)cc(C)[nH]c2=O)c1C)C1CCCCC1. The third-order valence-corrected chi connectivity index (χ3v) is 7.93. The van der Waals surface area contributed by atoms with Crippen LogP contribution >= 0.6 is 0 Å². The summed E-state index contributed by atoms with van der Waals surface area (Å²) >= 11 is 0. The van der Waals surface area contributed by atoms with Gasteiger partial charge in [0.15, 0.2) is 0 Å². The number of aromatic nitrogens is 1. The number of ether oxygens (including phenoxy) is 1. The highest BCUT2D eigenvalue weighted by atomic mass is 16.5. The molecule has 6 nitrogen and oxygen atoms in total. The molecule has 6 heteroatoms. The first kappa shape index (κ1) is 25.5. The molecule has 2 aliphatic rings. The maximum atomic E-state index is 13.5. The normalized spacial score (nSPS) is 17.4. The first-order chi connectivity index (χ1) is 16.9. The lowest BCUT2D eigenvalue weighted by Crippen LogP contribution is -2.38. The summed E-state index contributed by atoms with van der Waals surface area (Å²) in [7, 11) is 0. The number of hydrogen-bond acceptors (Lipinski definition) is 4. The molecule has 35 heavy (non-hydrogen) atoms. The highest BCUT2D eigenvalue weighted by molar-refractivity contribution is 5.97. The largest absolute Gasteiger partial charge is 0.381 e. The average Bonchev–Trinajstić information content (AvgIpc) is 2.86. The van der Waals surface area contributed by atoms with E-state index in [1.807, 2.05) is 19.9 Å². The molecule has 1 aromatic carbocycles. The number of carbonyl (C=O) groups excluding carboxylic acids is 1. The average molecular weight is 480 g/mol. The van der Waals surface area contributed by atoms with Gasteiger partial charge in [0.1, 0.15) is 0 Å². The van der Waals surface area contributed by atoms with Crippen LogP contribution in [-0.4, -0.2) is 36.7 Å². The van der Waals surface area contributed by atoms with Crippen LogP contribution in [0.2, 0.25) is 0 Å². The number of rotatable bonds is 7. The Bertz CT molecular complexity index is 1100. The minimum atomic E-state index is -0.134. The Morgan fingerprint density at radius 1 is 1.06 bits per heavy atom. The number of H-pyrrole nitrogens is 1. The predicted octanol–water partition coefficient (Wildman–Crippen LogP) is 5.28. The van der Waals surface area contributed by atoms with Gasteiger partial charge in [-0.25, -0.2) is 0 Å². The van der Waals surface area contributed by atoms with Gasteiger partial charge in [-0.05, 0) is 94.2 Å². The summed E-state index contributed by atoms with van der Waals surface area (Å²) in [6.07, 6.45) is 8.27. The second kappa shape index (κ2) is 11.4. The van der Waals surface area contributed by atoms with Crippen molar-refractivity contribution in [3.8, 4) is 0 Å². The lowest BCUT2D eigenvalue weighted by Gasteiger charge is -2.37. The van der Waals surface area contributed by atoms with Crippen LogP contribution < -0.4 is 15.8 Å². The molecule has 1 saturated heterocycles. The van der Waals surface area contributed by atoms with Gasteiger partial charge in [-0.15, -0.1) is 0 Å². The maximum absolute atomic E-state index is 13.5. The molecular weight excluding hydrogens is 438 g/mol. The number of aryl methyl sites for hydroxylation is 2. The Balaban J connectivity index is 1.67. The van der Waals surface area contributed by atoms with Gasteiger partial charge in [0.2, 0.25) is 0 Å². The smallest absolute Gasteiger partial charge is 0.253 e. The molecule has 1 aromatic heterocycles. The molecule has 1 saturated carbocycles. The van der Waals surface area contributed by atoms with E-state index >= 15 is 0 Å². The fraction of sp³-hybridized carbons (Fsp3) is 0.586. The summed E-state index contributed by atoms with van der Waals surface area (Å²) in [4.78, 5) is 31.4. The lowest BCUT2D eigenvalue weighted by atomic mass is 9.87. The Labute approximate surface area is 209 Å². The topological polar surface area (TPSA) is 74.4 Å². The molecule has 190 valence electrons. The molecule has 0 bridgehead atoms. The molecule has 1 aliphatic heterocycles. The molecule has 0 atom stereocenters. The van der Waals surface area contributed by atoms with Crippen LogP contribution in [0.1, 0.15) is 96.1 Å². The van der Waals surface area contributed by atoms with Gasteiger partial charge in [0.25, 0.3) is 11.5 Å².